The Labute approximate surface area is 255 Å². The molecule has 0 aromatic rings. The fraction of sp³-hybridized carbons (Fsp3) is 0.667. The molecule has 0 saturated carbocycles. The number of hydrogen-bond acceptors (Lipinski definition) is 10. The van der Waals surface area contributed by atoms with Crippen molar-refractivity contribution in [2.75, 3.05) is 0 Å². The van der Waals surface area contributed by atoms with E-state index in [1.165, 1.54) is 13.8 Å². The van der Waals surface area contributed by atoms with Crippen LogP contribution in [0.25, 0.3) is 0 Å². The lowest BCUT2D eigenvalue weighted by atomic mass is 9.85. The van der Waals surface area contributed by atoms with Crippen LogP contribution in [0.15, 0.2) is 35.5 Å². The van der Waals surface area contributed by atoms with Gasteiger partial charge in [-0.1, -0.05) is 47.3 Å². The first-order valence-electron chi connectivity index (χ1n) is 15.1. The molecule has 43 heavy (non-hydrogen) atoms. The van der Waals surface area contributed by atoms with Crippen LogP contribution in [0.4, 0.5) is 0 Å². The van der Waals surface area contributed by atoms with Crippen molar-refractivity contribution >= 4 is 29.5 Å². The van der Waals surface area contributed by atoms with Crippen molar-refractivity contribution in [3.05, 3.63) is 35.5 Å². The molecule has 10 heteroatoms. The molecule has 1 heterocycles. The topological polar surface area (TPSA) is 164 Å². The molecule has 0 saturated heterocycles. The summed E-state index contributed by atoms with van der Waals surface area (Å²) in [5.41, 5.74) is 0.552. The largest absolute Gasteiger partial charge is 0.462 e. The SMILES string of the molecule is C=C/C(=C/C(=O)C[C@H](C)C[C@@H](C)CC[C@H](O)[C@H](C)C(=O)C[C@@H](O)[C@H](C)[C@@H](C)OC(=O)C[C@@H](O)C1=C(C)C(=O)OC1=O)CC. The normalized spacial score (nSPS) is 19.5. The third kappa shape index (κ3) is 12.3. The summed E-state index contributed by atoms with van der Waals surface area (Å²) >= 11 is 0. The molecule has 0 spiro atoms. The second-order valence-electron chi connectivity index (χ2n) is 12.1. The van der Waals surface area contributed by atoms with Gasteiger partial charge >= 0.3 is 17.9 Å². The molecule has 0 aromatic carbocycles. The zero-order valence-electron chi connectivity index (χ0n) is 26.6. The van der Waals surface area contributed by atoms with Crippen molar-refractivity contribution < 1.29 is 48.8 Å². The van der Waals surface area contributed by atoms with Gasteiger partial charge in [0.25, 0.3) is 0 Å². The van der Waals surface area contributed by atoms with Gasteiger partial charge in [0.1, 0.15) is 11.9 Å². The molecule has 0 radical (unpaired) electrons. The van der Waals surface area contributed by atoms with Crippen LogP contribution in [0.5, 0.6) is 0 Å². The number of hydrogen-bond donors (Lipinski definition) is 3. The monoisotopic (exact) mass is 606 g/mol. The summed E-state index contributed by atoms with van der Waals surface area (Å²) in [5.74, 6) is -3.91. The molecule has 242 valence electrons. The van der Waals surface area contributed by atoms with Gasteiger partial charge in [-0.25, -0.2) is 9.59 Å². The Balaban J connectivity index is 2.51. The molecular weight excluding hydrogens is 556 g/mol. The van der Waals surface area contributed by atoms with Gasteiger partial charge < -0.3 is 24.8 Å². The van der Waals surface area contributed by atoms with Crippen LogP contribution < -0.4 is 0 Å². The number of cyclic esters (lactones) is 2. The third-order valence-corrected chi connectivity index (χ3v) is 8.30. The van der Waals surface area contributed by atoms with E-state index >= 15 is 0 Å². The zero-order valence-corrected chi connectivity index (χ0v) is 26.6. The summed E-state index contributed by atoms with van der Waals surface area (Å²) in [5, 5.41) is 31.5. The van der Waals surface area contributed by atoms with E-state index in [-0.39, 0.29) is 41.0 Å². The average Bonchev–Trinajstić information content (AvgIpc) is 3.19. The Hall–Kier alpha value is -2.95. The first kappa shape index (κ1) is 38.1. The van der Waals surface area contributed by atoms with Gasteiger partial charge in [-0.05, 0) is 63.0 Å². The van der Waals surface area contributed by atoms with E-state index in [2.05, 4.69) is 18.2 Å². The molecule has 1 aliphatic rings. The van der Waals surface area contributed by atoms with E-state index in [4.69, 9.17) is 4.74 Å². The summed E-state index contributed by atoms with van der Waals surface area (Å²) in [6, 6.07) is 0. The second-order valence-corrected chi connectivity index (χ2v) is 12.1. The van der Waals surface area contributed by atoms with Crippen LogP contribution in [-0.4, -0.2) is 69.2 Å². The summed E-state index contributed by atoms with van der Waals surface area (Å²) in [4.78, 5) is 60.6. The first-order valence-corrected chi connectivity index (χ1v) is 15.1. The summed E-state index contributed by atoms with van der Waals surface area (Å²) in [6.07, 6.45) is 1.16. The van der Waals surface area contributed by atoms with Gasteiger partial charge in [0.2, 0.25) is 0 Å². The van der Waals surface area contributed by atoms with E-state index in [9.17, 15) is 39.3 Å². The van der Waals surface area contributed by atoms with Crippen molar-refractivity contribution in [1.29, 1.82) is 0 Å². The van der Waals surface area contributed by atoms with Crippen molar-refractivity contribution in [2.24, 2.45) is 23.7 Å². The Morgan fingerprint density at radius 2 is 1.53 bits per heavy atom. The number of ketones is 2. The number of rotatable bonds is 20. The number of carbonyl (C=O) groups excluding carboxylic acids is 5. The lowest BCUT2D eigenvalue weighted by molar-refractivity contribution is -0.154. The molecule has 0 fully saturated rings. The molecule has 0 aromatic heterocycles. The van der Waals surface area contributed by atoms with Crippen LogP contribution in [0.3, 0.4) is 0 Å². The molecule has 10 nitrogen and oxygen atoms in total. The number of aliphatic hydroxyl groups excluding tert-OH is 3. The fourth-order valence-corrected chi connectivity index (χ4v) is 5.10. The highest BCUT2D eigenvalue weighted by atomic mass is 16.6. The highest BCUT2D eigenvalue weighted by Crippen LogP contribution is 2.25. The maximum absolute atomic E-state index is 12.8. The van der Waals surface area contributed by atoms with E-state index in [0.29, 0.717) is 19.3 Å². The third-order valence-electron chi connectivity index (χ3n) is 8.30. The fourth-order valence-electron chi connectivity index (χ4n) is 5.10. The maximum Gasteiger partial charge on any atom is 0.345 e. The minimum Gasteiger partial charge on any atom is -0.462 e. The number of esters is 3. The van der Waals surface area contributed by atoms with Gasteiger partial charge in [0.05, 0.1) is 30.3 Å². The van der Waals surface area contributed by atoms with Crippen LogP contribution >= 0.6 is 0 Å². The molecule has 1 aliphatic heterocycles. The molecular formula is C33H50O10. The Morgan fingerprint density at radius 1 is 0.907 bits per heavy atom. The van der Waals surface area contributed by atoms with E-state index in [1.54, 1.807) is 26.0 Å². The maximum atomic E-state index is 12.8. The lowest BCUT2D eigenvalue weighted by Gasteiger charge is -2.27. The number of carbonyl (C=O) groups is 5. The Kier molecular flexibility index (Phi) is 15.9. The van der Waals surface area contributed by atoms with Gasteiger partial charge in [0, 0.05) is 30.3 Å². The highest BCUT2D eigenvalue weighted by molar-refractivity contribution is 6.12. The Morgan fingerprint density at radius 3 is 2.07 bits per heavy atom. The van der Waals surface area contributed by atoms with Gasteiger partial charge in [-0.15, -0.1) is 0 Å². The first-order chi connectivity index (χ1) is 20.0. The van der Waals surface area contributed by atoms with Crippen LogP contribution in [-0.2, 0) is 33.4 Å². The minimum absolute atomic E-state index is 0.0736. The lowest BCUT2D eigenvalue weighted by Crippen LogP contribution is -2.36. The van der Waals surface area contributed by atoms with Crippen molar-refractivity contribution in [2.45, 2.75) is 118 Å². The predicted molar refractivity (Wildman–Crippen MR) is 160 cm³/mol. The van der Waals surface area contributed by atoms with Crippen molar-refractivity contribution in [3.63, 3.8) is 0 Å². The smallest absolute Gasteiger partial charge is 0.345 e. The van der Waals surface area contributed by atoms with E-state index in [0.717, 1.165) is 18.4 Å². The molecule has 1 rings (SSSR count). The van der Waals surface area contributed by atoms with E-state index in [1.807, 2.05) is 13.8 Å². The standard InChI is InChI=1S/C33H50O10/c1-9-24(10-2)15-25(34)14-19(4)13-18(3)11-12-26(35)21(6)28(37)16-27(36)20(5)23(8)42-30(39)17-29(38)31-22(7)32(40)43-33(31)41/h9,15,18-21,23,26-27,29,35-36,38H,1,10-14,16-17H2,2-8H3/b24-15-/t18-,19+,20+,21-,23+,26-,27+,29+/m0/s1. The van der Waals surface area contributed by atoms with Crippen LogP contribution in [0.2, 0.25) is 0 Å². The van der Waals surface area contributed by atoms with Gasteiger partial charge in [-0.2, -0.15) is 0 Å². The molecule has 0 amide bonds. The summed E-state index contributed by atoms with van der Waals surface area (Å²) in [7, 11) is 0. The van der Waals surface area contributed by atoms with Crippen LogP contribution in [0.1, 0.15) is 93.4 Å². The quantitative estimate of drug-likeness (QED) is 0.0800. The molecule has 0 aliphatic carbocycles. The van der Waals surface area contributed by atoms with Crippen LogP contribution in [0, 0.1) is 23.7 Å². The predicted octanol–water partition coefficient (Wildman–Crippen LogP) is 3.95. The number of allylic oxidation sites excluding steroid dienone is 3. The Bertz CT molecular complexity index is 1090. The van der Waals surface area contributed by atoms with Crippen molar-refractivity contribution in [1.82, 2.24) is 0 Å². The molecule has 0 bridgehead atoms. The number of aliphatic hydroxyl groups is 3. The molecule has 0 unspecified atom stereocenters. The summed E-state index contributed by atoms with van der Waals surface area (Å²) in [6.45, 7) is 15.8. The minimum atomic E-state index is -1.58. The van der Waals surface area contributed by atoms with Crippen molar-refractivity contribution in [3.8, 4) is 0 Å². The highest BCUT2D eigenvalue weighted by Gasteiger charge is 2.36. The summed E-state index contributed by atoms with van der Waals surface area (Å²) < 4.78 is 9.71. The average molecular weight is 607 g/mol. The zero-order chi connectivity index (χ0) is 33.0. The van der Waals surface area contributed by atoms with Gasteiger partial charge in [-0.3, -0.25) is 14.4 Å². The second kappa shape index (κ2) is 18.0. The number of Topliss-reactive ketones (excluding diaryl/α,β-unsaturated/α-hetero) is 1. The number of ether oxygens (including phenoxy) is 2. The molecule has 8 atom stereocenters. The molecule has 3 N–H and O–H groups in total. The van der Waals surface area contributed by atoms with Gasteiger partial charge in [0.15, 0.2) is 5.78 Å². The van der Waals surface area contributed by atoms with E-state index < -0.39 is 60.6 Å².